The number of rotatable bonds is 3. The fourth-order valence-electron chi connectivity index (χ4n) is 3.13. The molecule has 4 aromatic heterocycles. The van der Waals surface area contributed by atoms with E-state index < -0.39 is 0 Å². The van der Waals surface area contributed by atoms with Crippen molar-refractivity contribution < 1.29 is 0 Å². The Kier molecular flexibility index (Phi) is 4.23. The van der Waals surface area contributed by atoms with Crippen molar-refractivity contribution in [3.05, 3.63) is 72.8 Å². The first-order valence-electron chi connectivity index (χ1n) is 8.75. The van der Waals surface area contributed by atoms with E-state index in [-0.39, 0.29) is 0 Å². The van der Waals surface area contributed by atoms with Crippen LogP contribution in [0, 0.1) is 0 Å². The molecule has 0 aliphatic rings. The summed E-state index contributed by atoms with van der Waals surface area (Å²) in [5.41, 5.74) is 2.29. The van der Waals surface area contributed by atoms with E-state index in [4.69, 9.17) is 9.97 Å². The Morgan fingerprint density at radius 2 is 0.929 bits per heavy atom. The van der Waals surface area contributed by atoms with Crippen molar-refractivity contribution in [3.8, 4) is 28.6 Å². The molecule has 0 spiro atoms. The van der Waals surface area contributed by atoms with Gasteiger partial charge in [0, 0.05) is 0 Å². The predicted molar refractivity (Wildman–Crippen MR) is 123 cm³/mol. The number of aromatic nitrogens is 2. The molecule has 2 nitrogen and oxygen atoms in total. The molecule has 0 amide bonds. The van der Waals surface area contributed by atoms with Gasteiger partial charge in [-0.25, -0.2) is 0 Å². The maximum atomic E-state index is 4.86. The molecule has 0 N–H and O–H groups in total. The van der Waals surface area contributed by atoms with E-state index in [1.165, 1.54) is 37.2 Å². The van der Waals surface area contributed by atoms with Crippen LogP contribution in [0.4, 0.5) is 0 Å². The summed E-state index contributed by atoms with van der Waals surface area (Å²) in [5.74, 6) is 0. The van der Waals surface area contributed by atoms with Crippen molar-refractivity contribution in [1.29, 1.82) is 0 Å². The molecule has 134 valence electrons. The van der Waals surface area contributed by atoms with Crippen molar-refractivity contribution in [1.82, 2.24) is 9.97 Å². The van der Waals surface area contributed by atoms with Crippen molar-refractivity contribution in [2.45, 2.75) is 0 Å². The minimum absolute atomic E-state index is 0.312. The normalized spacial score (nSPS) is 11.6. The monoisotopic (exact) mass is 528 g/mol. The second-order valence-corrected chi connectivity index (χ2v) is 12.8. The zero-order valence-corrected chi connectivity index (χ0v) is 19.5. The maximum absolute atomic E-state index is 4.86. The quantitative estimate of drug-likeness (QED) is 0.264. The summed E-state index contributed by atoms with van der Waals surface area (Å²) >= 11 is 4.34. The second-order valence-electron chi connectivity index (χ2n) is 6.30. The van der Waals surface area contributed by atoms with Crippen LogP contribution in [0.1, 0.15) is 0 Å². The molecule has 0 radical (unpaired) electrons. The zero-order valence-electron chi connectivity index (χ0n) is 14.5. The standard InChI is InChI=1S/C22H12N2S2Se2/c1-3-7-19-13(5-1)23-21(27-19)17-11-9-15(25-17)16-10-12-18(26-16)22-24-14-6-2-4-8-20(14)28-22/h1-12H. The van der Waals surface area contributed by atoms with Gasteiger partial charge in [-0.2, -0.15) is 0 Å². The van der Waals surface area contributed by atoms with Gasteiger partial charge in [-0.05, 0) is 0 Å². The van der Waals surface area contributed by atoms with Gasteiger partial charge in [0.25, 0.3) is 0 Å². The van der Waals surface area contributed by atoms with Crippen LogP contribution in [0.15, 0.2) is 72.8 Å². The van der Waals surface area contributed by atoms with Crippen molar-refractivity contribution in [2.24, 2.45) is 0 Å². The topological polar surface area (TPSA) is 25.8 Å². The van der Waals surface area contributed by atoms with Crippen LogP contribution in [0.2, 0.25) is 0 Å². The molecule has 0 fully saturated rings. The van der Waals surface area contributed by atoms with Crippen LogP contribution in [0.5, 0.6) is 0 Å². The van der Waals surface area contributed by atoms with Crippen LogP contribution in [0.25, 0.3) is 48.2 Å². The molecule has 0 atom stereocenters. The van der Waals surface area contributed by atoms with Crippen molar-refractivity contribution in [3.63, 3.8) is 0 Å². The number of hydrogen-bond acceptors (Lipinski definition) is 4. The van der Waals surface area contributed by atoms with Crippen LogP contribution in [-0.2, 0) is 0 Å². The first kappa shape index (κ1) is 17.1. The average Bonchev–Trinajstić information content (AvgIpc) is 3.52. The summed E-state index contributed by atoms with van der Waals surface area (Å²) in [6, 6.07) is 26.0. The van der Waals surface area contributed by atoms with Crippen LogP contribution >= 0.6 is 22.7 Å². The Morgan fingerprint density at radius 3 is 1.39 bits per heavy atom. The Morgan fingerprint density at radius 1 is 0.500 bits per heavy atom. The molecule has 4 heterocycles. The SMILES string of the molecule is c1ccc2[se]c(-c3ccc(-c4ccc(-c5nc6ccccc6[se]5)s4)s3)nc2c1. The predicted octanol–water partition coefficient (Wildman–Crippen LogP) is 6.02. The number of para-hydroxylation sites is 2. The van der Waals surface area contributed by atoms with E-state index in [9.17, 15) is 0 Å². The minimum atomic E-state index is 0.312. The summed E-state index contributed by atoms with van der Waals surface area (Å²) in [7, 11) is 0. The Balaban J connectivity index is 1.35. The molecule has 0 unspecified atom stereocenters. The summed E-state index contributed by atoms with van der Waals surface area (Å²) in [6.07, 6.45) is 0. The molecule has 0 bridgehead atoms. The third-order valence-corrected chi connectivity index (χ3v) is 11.9. The van der Waals surface area contributed by atoms with Gasteiger partial charge in [-0.3, -0.25) is 0 Å². The summed E-state index contributed by atoms with van der Waals surface area (Å²) in [4.78, 5) is 15.0. The molecule has 0 aliphatic heterocycles. The summed E-state index contributed by atoms with van der Waals surface area (Å²) in [6.45, 7) is 0. The number of hydrogen-bond donors (Lipinski definition) is 0. The van der Waals surface area contributed by atoms with Gasteiger partial charge in [0.15, 0.2) is 0 Å². The molecule has 6 aromatic rings. The van der Waals surface area contributed by atoms with Gasteiger partial charge in [0.05, 0.1) is 0 Å². The van der Waals surface area contributed by atoms with E-state index in [2.05, 4.69) is 72.8 Å². The molecule has 6 heteroatoms. The second kappa shape index (κ2) is 6.92. The zero-order chi connectivity index (χ0) is 18.5. The molecule has 2 aromatic carbocycles. The van der Waals surface area contributed by atoms with E-state index in [1.54, 1.807) is 0 Å². The number of fused-ring (bicyclic) bond motifs is 2. The van der Waals surface area contributed by atoms with E-state index >= 15 is 0 Å². The van der Waals surface area contributed by atoms with Crippen LogP contribution in [-0.4, -0.2) is 39.0 Å². The summed E-state index contributed by atoms with van der Waals surface area (Å²) in [5, 5.41) is 0. The van der Waals surface area contributed by atoms with Gasteiger partial charge in [-0.15, -0.1) is 0 Å². The molecular weight excluding hydrogens is 514 g/mol. The molecular formula is C22H12N2S2Se2. The fraction of sp³-hybridized carbons (Fsp3) is 0. The average molecular weight is 526 g/mol. The van der Waals surface area contributed by atoms with E-state index in [1.807, 2.05) is 22.7 Å². The molecule has 0 aliphatic carbocycles. The van der Waals surface area contributed by atoms with Gasteiger partial charge < -0.3 is 0 Å². The first-order chi connectivity index (χ1) is 13.8. The number of benzene rings is 2. The Labute approximate surface area is 181 Å². The molecule has 0 saturated heterocycles. The van der Waals surface area contributed by atoms with Crippen LogP contribution in [0.3, 0.4) is 0 Å². The third kappa shape index (κ3) is 2.98. The van der Waals surface area contributed by atoms with Gasteiger partial charge in [-0.1, -0.05) is 0 Å². The van der Waals surface area contributed by atoms with Crippen molar-refractivity contribution in [2.75, 3.05) is 0 Å². The summed E-state index contributed by atoms with van der Waals surface area (Å²) < 4.78 is 5.28. The third-order valence-electron chi connectivity index (χ3n) is 4.46. The van der Waals surface area contributed by atoms with E-state index in [0.717, 1.165) is 11.0 Å². The number of thiophene rings is 2. The van der Waals surface area contributed by atoms with Crippen LogP contribution < -0.4 is 0 Å². The van der Waals surface area contributed by atoms with Gasteiger partial charge in [0.2, 0.25) is 0 Å². The first-order valence-corrected chi connectivity index (χ1v) is 13.8. The Bertz CT molecular complexity index is 1260. The van der Waals surface area contributed by atoms with Gasteiger partial charge in [0.1, 0.15) is 0 Å². The molecule has 6 rings (SSSR count). The fourth-order valence-corrected chi connectivity index (χ4v) is 9.67. The Hall–Kier alpha value is -1.78. The number of nitrogens with zero attached hydrogens (tertiary/aromatic N) is 2. The molecule has 0 saturated carbocycles. The van der Waals surface area contributed by atoms with Gasteiger partial charge >= 0.3 is 183 Å². The van der Waals surface area contributed by atoms with Crippen molar-refractivity contribution >= 4 is 71.2 Å². The molecule has 28 heavy (non-hydrogen) atoms. The van der Waals surface area contributed by atoms with E-state index in [0.29, 0.717) is 29.0 Å².